The highest BCUT2D eigenvalue weighted by atomic mass is 19.1. The van der Waals surface area contributed by atoms with Gasteiger partial charge in [0.05, 0.1) is 18.8 Å². The van der Waals surface area contributed by atoms with Crippen LogP contribution in [-0.4, -0.2) is 68.3 Å². The van der Waals surface area contributed by atoms with Gasteiger partial charge >= 0.3 is 0 Å². The molecular weight excluding hydrogens is 363 g/mol. The molecule has 5 heterocycles. The summed E-state index contributed by atoms with van der Waals surface area (Å²) in [6.07, 6.45) is 5.87. The zero-order valence-corrected chi connectivity index (χ0v) is 15.7. The fourth-order valence-electron chi connectivity index (χ4n) is 3.96. The molecule has 2 aliphatic heterocycles. The van der Waals surface area contributed by atoms with Crippen molar-refractivity contribution in [3.8, 4) is 11.3 Å². The van der Waals surface area contributed by atoms with E-state index in [0.29, 0.717) is 30.5 Å². The van der Waals surface area contributed by atoms with Crippen LogP contribution >= 0.6 is 0 Å². The maximum absolute atomic E-state index is 14.1. The van der Waals surface area contributed by atoms with E-state index >= 15 is 0 Å². The highest BCUT2D eigenvalue weighted by molar-refractivity contribution is 5.85. The van der Waals surface area contributed by atoms with Gasteiger partial charge in [-0.25, -0.2) is 9.37 Å². The van der Waals surface area contributed by atoms with Crippen LogP contribution < -0.4 is 10.2 Å². The smallest absolute Gasteiger partial charge is 0.243 e. The molecule has 3 aromatic rings. The van der Waals surface area contributed by atoms with E-state index in [0.717, 1.165) is 36.5 Å². The van der Waals surface area contributed by atoms with Gasteiger partial charge in [0.2, 0.25) is 5.95 Å². The molecule has 0 radical (unpaired) electrons. The van der Waals surface area contributed by atoms with Gasteiger partial charge in [0.15, 0.2) is 5.65 Å². The molecular formula is C18H23FN8O. The maximum Gasteiger partial charge on any atom is 0.243 e. The highest BCUT2D eigenvalue weighted by Gasteiger charge is 2.29. The van der Waals surface area contributed by atoms with Gasteiger partial charge in [-0.05, 0) is 18.8 Å². The van der Waals surface area contributed by atoms with E-state index < -0.39 is 6.17 Å². The number of nitrogens with one attached hydrogen (secondary N) is 2. The average molecular weight is 386 g/mol. The van der Waals surface area contributed by atoms with E-state index in [4.69, 9.17) is 9.72 Å². The molecule has 9 nitrogen and oxygen atoms in total. The molecule has 3 aromatic heterocycles. The van der Waals surface area contributed by atoms with E-state index in [-0.39, 0.29) is 12.6 Å². The van der Waals surface area contributed by atoms with Crippen molar-refractivity contribution in [1.29, 1.82) is 0 Å². The summed E-state index contributed by atoms with van der Waals surface area (Å²) in [6.45, 7) is 4.76. The zero-order chi connectivity index (χ0) is 19.1. The molecule has 0 saturated carbocycles. The van der Waals surface area contributed by atoms with Crippen molar-refractivity contribution in [3.63, 3.8) is 0 Å². The second-order valence-corrected chi connectivity index (χ2v) is 7.60. The van der Waals surface area contributed by atoms with Gasteiger partial charge < -0.3 is 15.0 Å². The zero-order valence-electron chi connectivity index (χ0n) is 15.7. The number of ether oxygens (including phenoxy) is 1. The standard InChI is InChI=1S/C18H23FN8O/c1-11-2-4-26(8-11)16-15(12-6-21-22-7-12)20-10-27-17(16)24-18(25-27)23-14-3-5-28-9-13(14)19/h6-7,10-11,13-14H,2-5,8-9H2,1H3,(H,21,22)(H,23,25)/t11?,13-,14+/m1/s1. The molecule has 0 bridgehead atoms. The quantitative estimate of drug-likeness (QED) is 0.707. The Hall–Kier alpha value is -2.75. The topological polar surface area (TPSA) is 96.3 Å². The molecule has 28 heavy (non-hydrogen) atoms. The summed E-state index contributed by atoms with van der Waals surface area (Å²) in [5.41, 5.74) is 3.38. The van der Waals surface area contributed by atoms with Crippen LogP contribution in [0.3, 0.4) is 0 Å². The molecule has 3 atom stereocenters. The van der Waals surface area contributed by atoms with Gasteiger partial charge in [0.25, 0.3) is 0 Å². The maximum atomic E-state index is 14.1. The molecule has 2 fully saturated rings. The third-order valence-electron chi connectivity index (χ3n) is 5.48. The van der Waals surface area contributed by atoms with E-state index in [1.54, 1.807) is 17.0 Å². The van der Waals surface area contributed by atoms with Crippen molar-refractivity contribution < 1.29 is 9.13 Å². The molecule has 0 spiro atoms. The van der Waals surface area contributed by atoms with Crippen LogP contribution in [0.25, 0.3) is 16.9 Å². The molecule has 0 amide bonds. The summed E-state index contributed by atoms with van der Waals surface area (Å²) in [4.78, 5) is 11.6. The number of halogens is 1. The Bertz CT molecular complexity index is 958. The number of hydrogen-bond donors (Lipinski definition) is 2. The number of alkyl halides is 1. The number of rotatable bonds is 4. The lowest BCUT2D eigenvalue weighted by Crippen LogP contribution is -2.39. The first-order valence-corrected chi connectivity index (χ1v) is 9.67. The normalized spacial score (nSPS) is 25.5. The van der Waals surface area contributed by atoms with Crippen LogP contribution in [0.4, 0.5) is 16.0 Å². The molecule has 2 aliphatic rings. The SMILES string of the molecule is CC1CCN(c2c(-c3cn[nH]c3)ncn3nc(N[C@H]4CCOC[C@H]4F)nc23)C1. The fourth-order valence-corrected chi connectivity index (χ4v) is 3.96. The van der Waals surface area contributed by atoms with E-state index in [2.05, 4.69) is 37.4 Å². The van der Waals surface area contributed by atoms with Crippen molar-refractivity contribution in [2.24, 2.45) is 5.92 Å². The second kappa shape index (κ2) is 7.01. The minimum atomic E-state index is -1.07. The number of hydrogen-bond acceptors (Lipinski definition) is 7. The van der Waals surface area contributed by atoms with E-state index in [1.165, 1.54) is 0 Å². The predicted octanol–water partition coefficient (Wildman–Crippen LogP) is 1.90. The van der Waals surface area contributed by atoms with Crippen LogP contribution in [0.1, 0.15) is 19.8 Å². The summed E-state index contributed by atoms with van der Waals surface area (Å²) >= 11 is 0. The molecule has 2 saturated heterocycles. The van der Waals surface area contributed by atoms with Gasteiger partial charge in [0, 0.05) is 31.5 Å². The number of fused-ring (bicyclic) bond motifs is 1. The molecule has 5 rings (SSSR count). The average Bonchev–Trinajstić information content (AvgIpc) is 3.43. The molecule has 0 aromatic carbocycles. The minimum absolute atomic E-state index is 0.105. The lowest BCUT2D eigenvalue weighted by molar-refractivity contribution is 0.0284. The Kier molecular flexibility index (Phi) is 4.34. The number of H-pyrrole nitrogens is 1. The monoisotopic (exact) mass is 386 g/mol. The van der Waals surface area contributed by atoms with Crippen LogP contribution in [0.15, 0.2) is 18.7 Å². The van der Waals surface area contributed by atoms with Crippen molar-refractivity contribution in [1.82, 2.24) is 29.8 Å². The number of anilines is 2. The Morgan fingerprint density at radius 2 is 2.29 bits per heavy atom. The Morgan fingerprint density at radius 3 is 3.04 bits per heavy atom. The number of aromatic nitrogens is 6. The first-order valence-electron chi connectivity index (χ1n) is 9.67. The van der Waals surface area contributed by atoms with Crippen molar-refractivity contribution >= 4 is 17.3 Å². The van der Waals surface area contributed by atoms with Crippen molar-refractivity contribution in [3.05, 3.63) is 18.7 Å². The van der Waals surface area contributed by atoms with E-state index in [1.807, 2.05) is 6.20 Å². The Balaban J connectivity index is 1.56. The van der Waals surface area contributed by atoms with E-state index in [9.17, 15) is 4.39 Å². The Labute approximate surface area is 161 Å². The largest absolute Gasteiger partial charge is 0.378 e. The Morgan fingerprint density at radius 1 is 1.36 bits per heavy atom. The highest BCUT2D eigenvalue weighted by Crippen LogP contribution is 2.35. The van der Waals surface area contributed by atoms with Crippen molar-refractivity contribution in [2.75, 3.05) is 36.5 Å². The summed E-state index contributed by atoms with van der Waals surface area (Å²) in [5.74, 6) is 1.02. The summed E-state index contributed by atoms with van der Waals surface area (Å²) < 4.78 is 21.0. The minimum Gasteiger partial charge on any atom is -0.378 e. The lowest BCUT2D eigenvalue weighted by atomic mass is 10.1. The number of nitrogens with zero attached hydrogens (tertiary/aromatic N) is 6. The van der Waals surface area contributed by atoms with Crippen LogP contribution in [0, 0.1) is 5.92 Å². The fraction of sp³-hybridized carbons (Fsp3) is 0.556. The summed E-state index contributed by atoms with van der Waals surface area (Å²) in [6, 6.07) is -0.345. The van der Waals surface area contributed by atoms with Gasteiger partial charge in [0.1, 0.15) is 23.9 Å². The second-order valence-electron chi connectivity index (χ2n) is 7.60. The van der Waals surface area contributed by atoms with Crippen molar-refractivity contribution in [2.45, 2.75) is 32.0 Å². The predicted molar refractivity (Wildman–Crippen MR) is 102 cm³/mol. The van der Waals surface area contributed by atoms with Crippen LogP contribution in [0.5, 0.6) is 0 Å². The van der Waals surface area contributed by atoms with Crippen LogP contribution in [0.2, 0.25) is 0 Å². The van der Waals surface area contributed by atoms with Gasteiger partial charge in [-0.3, -0.25) is 5.10 Å². The summed E-state index contributed by atoms with van der Waals surface area (Å²) in [7, 11) is 0. The molecule has 0 aliphatic carbocycles. The third-order valence-corrected chi connectivity index (χ3v) is 5.48. The third kappa shape index (κ3) is 3.07. The van der Waals surface area contributed by atoms with Gasteiger partial charge in [-0.1, -0.05) is 6.92 Å². The lowest BCUT2D eigenvalue weighted by Gasteiger charge is -2.26. The molecule has 10 heteroatoms. The molecule has 1 unspecified atom stereocenters. The summed E-state index contributed by atoms with van der Waals surface area (Å²) in [5, 5.41) is 14.5. The molecule has 2 N–H and O–H groups in total. The number of aromatic amines is 1. The van der Waals surface area contributed by atoms with Gasteiger partial charge in [-0.2, -0.15) is 14.6 Å². The first kappa shape index (κ1) is 17.4. The van der Waals surface area contributed by atoms with Gasteiger partial charge in [-0.15, -0.1) is 5.10 Å². The first-order chi connectivity index (χ1) is 13.7. The molecule has 148 valence electrons. The van der Waals surface area contributed by atoms with Crippen LogP contribution in [-0.2, 0) is 4.74 Å².